The third-order valence-corrected chi connectivity index (χ3v) is 7.96. The molecule has 31 heavy (non-hydrogen) atoms. The number of aromatic nitrogens is 1. The third-order valence-electron chi connectivity index (χ3n) is 5.13. The maximum absolute atomic E-state index is 14.7. The Hall–Kier alpha value is -2.66. The molecule has 3 N–H and O–H groups in total. The number of nitrogens with one attached hydrogen (secondary N) is 1. The van der Waals surface area contributed by atoms with Crippen LogP contribution >= 0.6 is 11.6 Å². The second kappa shape index (κ2) is 7.79. The Balaban J connectivity index is 2.04. The molecule has 1 aromatic carbocycles. The highest BCUT2D eigenvalue weighted by molar-refractivity contribution is 7.93. The predicted molar refractivity (Wildman–Crippen MR) is 111 cm³/mol. The molecule has 1 aliphatic rings. The van der Waals surface area contributed by atoms with Gasteiger partial charge in [0, 0.05) is 17.4 Å². The molecule has 0 unspecified atom stereocenters. The van der Waals surface area contributed by atoms with Gasteiger partial charge in [0.25, 0.3) is 5.91 Å². The van der Waals surface area contributed by atoms with Gasteiger partial charge in [-0.05, 0) is 38.1 Å². The van der Waals surface area contributed by atoms with Gasteiger partial charge < -0.3 is 11.1 Å². The number of hydrogen-bond donors (Lipinski definition) is 2. The lowest BCUT2D eigenvalue weighted by molar-refractivity contribution is 0.101. The Morgan fingerprint density at radius 2 is 1.94 bits per heavy atom. The Morgan fingerprint density at radius 3 is 2.52 bits per heavy atom. The molecule has 2 heterocycles. The van der Waals surface area contributed by atoms with Crippen LogP contribution < -0.4 is 11.1 Å². The number of amidine groups is 1. The average Bonchev–Trinajstić information content (AvgIpc) is 2.67. The van der Waals surface area contributed by atoms with Crippen LogP contribution in [0.25, 0.3) is 0 Å². The van der Waals surface area contributed by atoms with Crippen LogP contribution in [0.2, 0.25) is 5.02 Å². The fourth-order valence-corrected chi connectivity index (χ4v) is 4.86. The maximum atomic E-state index is 14.7. The molecule has 1 aliphatic heterocycles. The summed E-state index contributed by atoms with van der Waals surface area (Å²) in [6.45, 7) is 1.29. The fourth-order valence-electron chi connectivity index (χ4n) is 3.06. The normalized spacial score (nSPS) is 21.9. The van der Waals surface area contributed by atoms with E-state index in [1.54, 1.807) is 0 Å². The van der Waals surface area contributed by atoms with Gasteiger partial charge in [-0.2, -0.15) is 0 Å². The Morgan fingerprint density at radius 1 is 1.26 bits per heavy atom. The Bertz CT molecular complexity index is 1200. The molecule has 0 fully saturated rings. The molecule has 0 saturated carbocycles. The lowest BCUT2D eigenvalue weighted by Gasteiger charge is -2.38. The quantitative estimate of drug-likeness (QED) is 0.707. The number of hydrogen-bond acceptors (Lipinski definition) is 6. The molecule has 0 spiro atoms. The van der Waals surface area contributed by atoms with E-state index in [1.165, 1.54) is 13.8 Å². The van der Waals surface area contributed by atoms with Crippen LogP contribution in [0.1, 0.15) is 29.9 Å². The van der Waals surface area contributed by atoms with Crippen molar-refractivity contribution in [1.29, 1.82) is 0 Å². The zero-order valence-electron chi connectivity index (χ0n) is 16.4. The number of nitrogens with two attached hydrogens (primary N) is 1. The molecule has 2 aromatic rings. The van der Waals surface area contributed by atoms with Gasteiger partial charge in [-0.1, -0.05) is 11.6 Å². The van der Waals surface area contributed by atoms with Gasteiger partial charge in [0.1, 0.15) is 28.6 Å². The molecule has 3 rings (SSSR count). The number of alkyl halides is 1. The van der Waals surface area contributed by atoms with Gasteiger partial charge in [0.05, 0.1) is 10.8 Å². The van der Waals surface area contributed by atoms with Crippen LogP contribution in [-0.4, -0.2) is 42.3 Å². The van der Waals surface area contributed by atoms with Gasteiger partial charge in [0.2, 0.25) is 0 Å². The zero-order valence-corrected chi connectivity index (χ0v) is 18.0. The number of benzene rings is 1. The summed E-state index contributed by atoms with van der Waals surface area (Å²) in [4.78, 5) is 20.0. The number of amides is 1. The molecule has 0 saturated heterocycles. The minimum atomic E-state index is -4.01. The van der Waals surface area contributed by atoms with Gasteiger partial charge in [-0.15, -0.1) is 0 Å². The summed E-state index contributed by atoms with van der Waals surface area (Å²) >= 11 is 5.61. The van der Waals surface area contributed by atoms with E-state index < -0.39 is 61.3 Å². The largest absolute Gasteiger partial charge is 0.386 e. The first kappa shape index (κ1) is 23.0. The number of pyridine rings is 1. The Kier molecular flexibility index (Phi) is 5.78. The number of anilines is 1. The van der Waals surface area contributed by atoms with Gasteiger partial charge in [-0.3, -0.25) is 9.79 Å². The summed E-state index contributed by atoms with van der Waals surface area (Å²) in [5.41, 5.74) is 2.63. The standard InChI is InChI=1S/C19H18ClF3N4O3S/c1-18(2)17(24)27-19(8-21,9-31(18,29)30)12-6-11(3-4-13(12)22)26-16(28)15-14(23)5-10(20)7-25-15/h3-7H,8-9H2,1-2H3,(H2,24,27)(H,26,28)/t19-/m0/s1. The molecule has 0 bridgehead atoms. The summed E-state index contributed by atoms with van der Waals surface area (Å²) in [6.07, 6.45) is 1.07. The number of sulfone groups is 1. The highest BCUT2D eigenvalue weighted by Crippen LogP contribution is 2.39. The highest BCUT2D eigenvalue weighted by atomic mass is 35.5. The van der Waals surface area contributed by atoms with E-state index in [0.717, 1.165) is 30.5 Å². The number of carbonyl (C=O) groups is 1. The van der Waals surface area contributed by atoms with E-state index in [9.17, 15) is 26.4 Å². The van der Waals surface area contributed by atoms with Crippen LogP contribution in [0.15, 0.2) is 35.5 Å². The van der Waals surface area contributed by atoms with E-state index >= 15 is 0 Å². The molecule has 1 atom stereocenters. The lowest BCUT2D eigenvalue weighted by atomic mass is 9.92. The monoisotopic (exact) mass is 474 g/mol. The molecule has 1 aromatic heterocycles. The molecule has 1 amide bonds. The number of halogens is 4. The average molecular weight is 475 g/mol. The first-order valence-electron chi connectivity index (χ1n) is 8.89. The zero-order chi connectivity index (χ0) is 23.2. The minimum Gasteiger partial charge on any atom is -0.386 e. The number of aliphatic imine (C=N–C) groups is 1. The van der Waals surface area contributed by atoms with Crippen molar-refractivity contribution in [2.75, 3.05) is 17.7 Å². The van der Waals surface area contributed by atoms with Crippen molar-refractivity contribution >= 4 is 38.9 Å². The summed E-state index contributed by atoms with van der Waals surface area (Å²) in [7, 11) is -4.01. The van der Waals surface area contributed by atoms with Crippen molar-refractivity contribution in [1.82, 2.24) is 4.98 Å². The topological polar surface area (TPSA) is 115 Å². The predicted octanol–water partition coefficient (Wildman–Crippen LogP) is 2.99. The second-order valence-corrected chi connectivity index (χ2v) is 10.5. The van der Waals surface area contributed by atoms with Gasteiger partial charge in [0.15, 0.2) is 21.3 Å². The highest BCUT2D eigenvalue weighted by Gasteiger charge is 2.52. The first-order valence-corrected chi connectivity index (χ1v) is 10.9. The van der Waals surface area contributed by atoms with E-state index in [4.69, 9.17) is 17.3 Å². The van der Waals surface area contributed by atoms with Gasteiger partial charge >= 0.3 is 0 Å². The number of carbonyl (C=O) groups excluding carboxylic acids is 1. The van der Waals surface area contributed by atoms with Crippen LogP contribution in [0.5, 0.6) is 0 Å². The van der Waals surface area contributed by atoms with Crippen molar-refractivity contribution in [3.63, 3.8) is 0 Å². The number of rotatable bonds is 4. The SMILES string of the molecule is CC1(C)C(N)=N[C@](CF)(c2cc(NC(=O)c3ncc(Cl)cc3F)ccc2F)CS1(=O)=O. The maximum Gasteiger partial charge on any atom is 0.277 e. The number of nitrogens with zero attached hydrogens (tertiary/aromatic N) is 2. The van der Waals surface area contributed by atoms with Crippen molar-refractivity contribution < 1.29 is 26.4 Å². The first-order chi connectivity index (χ1) is 14.3. The van der Waals surface area contributed by atoms with Gasteiger partial charge in [-0.25, -0.2) is 26.6 Å². The van der Waals surface area contributed by atoms with Crippen molar-refractivity contribution in [3.8, 4) is 0 Å². The molecular formula is C19H18ClF3N4O3S. The van der Waals surface area contributed by atoms with E-state index in [-0.39, 0.29) is 16.5 Å². The van der Waals surface area contributed by atoms with Crippen LogP contribution in [0.3, 0.4) is 0 Å². The Labute approximate surface area is 181 Å². The van der Waals surface area contributed by atoms with E-state index in [0.29, 0.717) is 0 Å². The molecular weight excluding hydrogens is 457 g/mol. The van der Waals surface area contributed by atoms with Crippen molar-refractivity contribution in [2.24, 2.45) is 10.7 Å². The summed E-state index contributed by atoms with van der Waals surface area (Å²) in [6, 6.07) is 3.98. The van der Waals surface area contributed by atoms with Crippen LogP contribution in [0.4, 0.5) is 18.9 Å². The van der Waals surface area contributed by atoms with Crippen molar-refractivity contribution in [2.45, 2.75) is 24.1 Å². The van der Waals surface area contributed by atoms with Crippen LogP contribution in [0, 0.1) is 11.6 Å². The summed E-state index contributed by atoms with van der Waals surface area (Å²) in [5.74, 6) is -4.09. The molecule has 12 heteroatoms. The van der Waals surface area contributed by atoms with E-state index in [2.05, 4.69) is 15.3 Å². The molecule has 166 valence electrons. The lowest BCUT2D eigenvalue weighted by Crippen LogP contribution is -2.56. The summed E-state index contributed by atoms with van der Waals surface area (Å²) in [5, 5.41) is 2.30. The summed E-state index contributed by atoms with van der Waals surface area (Å²) < 4.78 is 66.6. The third kappa shape index (κ3) is 3.99. The second-order valence-electron chi connectivity index (χ2n) is 7.56. The molecule has 7 nitrogen and oxygen atoms in total. The fraction of sp³-hybridized carbons (Fsp3) is 0.316. The van der Waals surface area contributed by atoms with Crippen molar-refractivity contribution in [3.05, 3.63) is 58.4 Å². The molecule has 0 aliphatic carbocycles. The minimum absolute atomic E-state index is 0.0140. The van der Waals surface area contributed by atoms with E-state index in [1.807, 2.05) is 0 Å². The van der Waals surface area contributed by atoms with Crippen LogP contribution in [-0.2, 0) is 15.4 Å². The molecule has 0 radical (unpaired) electrons. The smallest absolute Gasteiger partial charge is 0.277 e.